The fourth-order valence-corrected chi connectivity index (χ4v) is 3.90. The molecule has 3 rings (SSSR count). The van der Waals surface area contributed by atoms with Gasteiger partial charge >= 0.3 is 0 Å². The van der Waals surface area contributed by atoms with E-state index < -0.39 is 0 Å². The van der Waals surface area contributed by atoms with Crippen molar-refractivity contribution in [3.8, 4) is 5.75 Å². The summed E-state index contributed by atoms with van der Waals surface area (Å²) in [6.07, 6.45) is 0.0433. The molecule has 2 aromatic carbocycles. The lowest BCUT2D eigenvalue weighted by Gasteiger charge is -2.26. The number of amides is 3. The molecule has 0 saturated carbocycles. The summed E-state index contributed by atoms with van der Waals surface area (Å²) in [7, 11) is 1.55. The highest BCUT2D eigenvalue weighted by atomic mass is 32.1. The molecule has 2 N–H and O–H groups in total. The molecule has 184 valence electrons. The predicted molar refractivity (Wildman–Crippen MR) is 132 cm³/mol. The fraction of sp³-hybridized carbons (Fsp3) is 0.280. The van der Waals surface area contributed by atoms with Gasteiger partial charge in [-0.1, -0.05) is 12.1 Å². The van der Waals surface area contributed by atoms with Crippen molar-refractivity contribution in [3.63, 3.8) is 0 Å². The Balaban J connectivity index is 1.52. The summed E-state index contributed by atoms with van der Waals surface area (Å²) in [4.78, 5) is 43.5. The second kappa shape index (κ2) is 12.1. The Kier molecular flexibility index (Phi) is 8.91. The maximum absolute atomic E-state index is 13.0. The lowest BCUT2D eigenvalue weighted by atomic mass is 10.1. The molecule has 0 aliphatic heterocycles. The SMILES string of the molecule is COc1ccc(C(=O)N(CC(=O)Nc2nc(CC(=O)NCc3ccc(F)cc3)cs2)C(C)C)cc1. The van der Waals surface area contributed by atoms with Crippen molar-refractivity contribution in [1.29, 1.82) is 0 Å². The maximum atomic E-state index is 13.0. The third kappa shape index (κ3) is 7.61. The molecule has 0 radical (unpaired) electrons. The maximum Gasteiger partial charge on any atom is 0.254 e. The molecule has 1 heterocycles. The number of methoxy groups -OCH3 is 1. The van der Waals surface area contributed by atoms with Crippen molar-refractivity contribution in [1.82, 2.24) is 15.2 Å². The average molecular weight is 499 g/mol. The van der Waals surface area contributed by atoms with Crippen molar-refractivity contribution in [3.05, 3.63) is 76.5 Å². The van der Waals surface area contributed by atoms with Crippen molar-refractivity contribution in [2.75, 3.05) is 19.0 Å². The van der Waals surface area contributed by atoms with Gasteiger partial charge in [-0.15, -0.1) is 11.3 Å². The van der Waals surface area contributed by atoms with Crippen LogP contribution < -0.4 is 15.4 Å². The Morgan fingerprint density at radius 3 is 2.37 bits per heavy atom. The lowest BCUT2D eigenvalue weighted by molar-refractivity contribution is -0.120. The molecule has 0 saturated heterocycles. The average Bonchev–Trinajstić information content (AvgIpc) is 3.28. The monoisotopic (exact) mass is 498 g/mol. The number of halogens is 1. The second-order valence-electron chi connectivity index (χ2n) is 8.03. The first-order chi connectivity index (χ1) is 16.7. The van der Waals surface area contributed by atoms with Gasteiger partial charge < -0.3 is 20.3 Å². The largest absolute Gasteiger partial charge is 0.497 e. The van der Waals surface area contributed by atoms with Gasteiger partial charge in [-0.3, -0.25) is 14.4 Å². The molecule has 1 aromatic heterocycles. The zero-order valence-corrected chi connectivity index (χ0v) is 20.5. The van der Waals surface area contributed by atoms with Crippen LogP contribution in [0.25, 0.3) is 0 Å². The van der Waals surface area contributed by atoms with E-state index in [-0.39, 0.29) is 49.1 Å². The zero-order chi connectivity index (χ0) is 25.4. The molecule has 0 spiro atoms. The van der Waals surface area contributed by atoms with Gasteiger partial charge in [0.15, 0.2) is 5.13 Å². The first-order valence-electron chi connectivity index (χ1n) is 11.0. The van der Waals surface area contributed by atoms with Crippen molar-refractivity contribution in [2.45, 2.75) is 32.9 Å². The highest BCUT2D eigenvalue weighted by molar-refractivity contribution is 7.13. The van der Waals surface area contributed by atoms with Crippen molar-refractivity contribution in [2.24, 2.45) is 0 Å². The van der Waals surface area contributed by atoms with Crippen molar-refractivity contribution < 1.29 is 23.5 Å². The molecule has 0 bridgehead atoms. The number of hydrogen-bond donors (Lipinski definition) is 2. The van der Waals surface area contributed by atoms with E-state index in [1.807, 2.05) is 13.8 Å². The third-order valence-corrected chi connectivity index (χ3v) is 5.88. The Hall–Kier alpha value is -3.79. The summed E-state index contributed by atoms with van der Waals surface area (Å²) in [6, 6.07) is 12.4. The van der Waals surface area contributed by atoms with Crippen LogP contribution in [0.5, 0.6) is 5.75 Å². The van der Waals surface area contributed by atoms with E-state index in [4.69, 9.17) is 4.74 Å². The standard InChI is InChI=1S/C25H27FN4O4S/c1-16(2)30(24(33)18-6-10-21(34-3)11-7-18)14-23(32)29-25-28-20(15-35-25)12-22(31)27-13-17-4-8-19(26)9-5-17/h4-11,15-16H,12-14H2,1-3H3,(H,27,31)(H,28,29,32). The van der Waals surface area contributed by atoms with Crippen LogP contribution in [-0.2, 0) is 22.6 Å². The zero-order valence-electron chi connectivity index (χ0n) is 19.7. The topological polar surface area (TPSA) is 101 Å². The van der Waals surface area contributed by atoms with E-state index in [2.05, 4.69) is 15.6 Å². The third-order valence-electron chi connectivity index (χ3n) is 5.08. The number of ether oxygens (including phenoxy) is 1. The first-order valence-corrected chi connectivity index (χ1v) is 11.8. The van der Waals surface area contributed by atoms with Crippen LogP contribution in [0.3, 0.4) is 0 Å². The predicted octanol–water partition coefficient (Wildman–Crippen LogP) is 3.64. The number of thiazole rings is 1. The summed E-state index contributed by atoms with van der Waals surface area (Å²) in [5.74, 6) is -0.593. The van der Waals surface area contributed by atoms with E-state index >= 15 is 0 Å². The Bertz CT molecular complexity index is 1160. The van der Waals surface area contributed by atoms with E-state index in [0.717, 1.165) is 5.56 Å². The van der Waals surface area contributed by atoms with Crippen LogP contribution in [0.4, 0.5) is 9.52 Å². The van der Waals surface area contributed by atoms with Crippen LogP contribution in [-0.4, -0.2) is 47.3 Å². The number of nitrogens with one attached hydrogen (secondary N) is 2. The quantitative estimate of drug-likeness (QED) is 0.445. The minimum absolute atomic E-state index is 0.0433. The van der Waals surface area contributed by atoms with Crippen LogP contribution in [0.1, 0.15) is 35.5 Å². The van der Waals surface area contributed by atoms with Gasteiger partial charge in [0.1, 0.15) is 18.1 Å². The number of anilines is 1. The Morgan fingerprint density at radius 1 is 1.06 bits per heavy atom. The molecule has 10 heteroatoms. The molecule has 3 amide bonds. The summed E-state index contributed by atoms with van der Waals surface area (Å²) >= 11 is 1.20. The van der Waals surface area contributed by atoms with Gasteiger partial charge in [0.2, 0.25) is 11.8 Å². The Morgan fingerprint density at radius 2 is 1.74 bits per heavy atom. The highest BCUT2D eigenvalue weighted by Gasteiger charge is 2.22. The first kappa shape index (κ1) is 25.8. The van der Waals surface area contributed by atoms with E-state index in [1.165, 1.54) is 28.4 Å². The van der Waals surface area contributed by atoms with Gasteiger partial charge in [0.05, 0.1) is 19.2 Å². The van der Waals surface area contributed by atoms with Gasteiger partial charge in [0.25, 0.3) is 5.91 Å². The van der Waals surface area contributed by atoms with E-state index in [1.54, 1.807) is 48.9 Å². The number of carbonyl (C=O) groups is 3. The summed E-state index contributed by atoms with van der Waals surface area (Å²) in [5.41, 5.74) is 1.75. The van der Waals surface area contributed by atoms with Gasteiger partial charge in [-0.25, -0.2) is 9.37 Å². The molecule has 0 fully saturated rings. The summed E-state index contributed by atoms with van der Waals surface area (Å²) < 4.78 is 18.1. The molecule has 0 aliphatic carbocycles. The smallest absolute Gasteiger partial charge is 0.254 e. The van der Waals surface area contributed by atoms with Crippen molar-refractivity contribution >= 4 is 34.2 Å². The minimum Gasteiger partial charge on any atom is -0.497 e. The van der Waals surface area contributed by atoms with Gasteiger partial charge in [-0.2, -0.15) is 0 Å². The number of hydrogen-bond acceptors (Lipinski definition) is 6. The molecule has 35 heavy (non-hydrogen) atoms. The van der Waals surface area contributed by atoms with Crippen LogP contribution in [0.2, 0.25) is 0 Å². The molecular weight excluding hydrogens is 471 g/mol. The van der Waals surface area contributed by atoms with Crippen LogP contribution in [0, 0.1) is 5.82 Å². The number of rotatable bonds is 10. The molecular formula is C25H27FN4O4S. The number of nitrogens with zero attached hydrogens (tertiary/aromatic N) is 2. The second-order valence-corrected chi connectivity index (χ2v) is 8.89. The Labute approximate surface area is 207 Å². The number of aromatic nitrogens is 1. The number of carbonyl (C=O) groups excluding carboxylic acids is 3. The fourth-order valence-electron chi connectivity index (χ4n) is 3.18. The molecule has 0 atom stereocenters. The minimum atomic E-state index is -0.387. The van der Waals surface area contributed by atoms with E-state index in [0.29, 0.717) is 22.1 Å². The van der Waals surface area contributed by atoms with E-state index in [9.17, 15) is 18.8 Å². The molecule has 8 nitrogen and oxygen atoms in total. The van der Waals surface area contributed by atoms with Gasteiger partial charge in [0, 0.05) is 23.5 Å². The molecule has 3 aromatic rings. The number of benzene rings is 2. The summed E-state index contributed by atoms with van der Waals surface area (Å²) in [6.45, 7) is 3.80. The lowest BCUT2D eigenvalue weighted by Crippen LogP contribution is -2.42. The summed E-state index contributed by atoms with van der Waals surface area (Å²) in [5, 5.41) is 7.49. The van der Waals surface area contributed by atoms with Crippen LogP contribution >= 0.6 is 11.3 Å². The van der Waals surface area contributed by atoms with Gasteiger partial charge in [-0.05, 0) is 55.8 Å². The van der Waals surface area contributed by atoms with Crippen LogP contribution in [0.15, 0.2) is 53.9 Å². The normalized spacial score (nSPS) is 10.7. The highest BCUT2D eigenvalue weighted by Crippen LogP contribution is 2.17. The molecule has 0 aliphatic rings. The molecule has 0 unspecified atom stereocenters.